The van der Waals surface area contributed by atoms with Crippen LogP contribution in [-0.4, -0.2) is 10.9 Å². The molecule has 106 valence electrons. The van der Waals surface area contributed by atoms with E-state index in [0.29, 0.717) is 5.13 Å². The van der Waals surface area contributed by atoms with Crippen molar-refractivity contribution in [3.05, 3.63) is 58.0 Å². The minimum absolute atomic E-state index is 0.277. The first-order valence-corrected chi connectivity index (χ1v) is 7.91. The van der Waals surface area contributed by atoms with E-state index in [4.69, 9.17) is 0 Å². The Morgan fingerprint density at radius 2 is 2.14 bits per heavy atom. The van der Waals surface area contributed by atoms with Crippen molar-refractivity contribution in [1.82, 2.24) is 4.98 Å². The Morgan fingerprint density at radius 1 is 1.29 bits per heavy atom. The standard InChI is InChI=1S/C15H11FN2OS2/c1-9-5-6-13(21-9)12-8-20-15(17-12)18-14(19)10-3-2-4-11(16)7-10/h2-8H,1H3,(H,17,18,19). The molecule has 1 N–H and O–H groups in total. The molecular formula is C15H11FN2OS2. The lowest BCUT2D eigenvalue weighted by Crippen LogP contribution is -2.11. The molecule has 1 amide bonds. The third kappa shape index (κ3) is 3.17. The van der Waals surface area contributed by atoms with E-state index >= 15 is 0 Å². The van der Waals surface area contributed by atoms with Crippen LogP contribution in [0.15, 0.2) is 41.8 Å². The van der Waals surface area contributed by atoms with Gasteiger partial charge in [-0.1, -0.05) is 6.07 Å². The maximum Gasteiger partial charge on any atom is 0.257 e. The molecule has 0 spiro atoms. The molecule has 0 aliphatic rings. The van der Waals surface area contributed by atoms with Gasteiger partial charge in [-0.05, 0) is 37.3 Å². The van der Waals surface area contributed by atoms with Crippen LogP contribution >= 0.6 is 22.7 Å². The van der Waals surface area contributed by atoms with Crippen LogP contribution in [0, 0.1) is 12.7 Å². The molecule has 21 heavy (non-hydrogen) atoms. The number of amides is 1. The number of carbonyl (C=O) groups excluding carboxylic acids is 1. The van der Waals surface area contributed by atoms with Gasteiger partial charge in [0.15, 0.2) is 5.13 Å². The molecule has 2 heterocycles. The van der Waals surface area contributed by atoms with E-state index in [9.17, 15) is 9.18 Å². The van der Waals surface area contributed by atoms with Crippen LogP contribution < -0.4 is 5.32 Å². The monoisotopic (exact) mass is 318 g/mol. The number of hydrogen-bond acceptors (Lipinski definition) is 4. The largest absolute Gasteiger partial charge is 0.298 e. The highest BCUT2D eigenvalue weighted by atomic mass is 32.1. The number of carbonyl (C=O) groups is 1. The number of nitrogens with one attached hydrogen (secondary N) is 1. The highest BCUT2D eigenvalue weighted by molar-refractivity contribution is 7.17. The van der Waals surface area contributed by atoms with E-state index in [1.54, 1.807) is 17.4 Å². The van der Waals surface area contributed by atoms with Gasteiger partial charge in [0.2, 0.25) is 0 Å². The molecule has 0 atom stereocenters. The number of rotatable bonds is 3. The van der Waals surface area contributed by atoms with E-state index in [2.05, 4.69) is 10.3 Å². The van der Waals surface area contributed by atoms with Crippen LogP contribution in [0.2, 0.25) is 0 Å². The highest BCUT2D eigenvalue weighted by Gasteiger charge is 2.11. The van der Waals surface area contributed by atoms with Gasteiger partial charge >= 0.3 is 0 Å². The molecule has 6 heteroatoms. The molecule has 0 fully saturated rings. The minimum Gasteiger partial charge on any atom is -0.298 e. The number of aromatic nitrogens is 1. The fourth-order valence-corrected chi connectivity index (χ4v) is 3.42. The van der Waals surface area contributed by atoms with Gasteiger partial charge in [0, 0.05) is 15.8 Å². The zero-order chi connectivity index (χ0) is 14.8. The SMILES string of the molecule is Cc1ccc(-c2csc(NC(=O)c3cccc(F)c3)n2)s1. The molecule has 0 aliphatic heterocycles. The van der Waals surface area contributed by atoms with Crippen molar-refractivity contribution in [3.8, 4) is 10.6 Å². The smallest absolute Gasteiger partial charge is 0.257 e. The molecule has 0 radical (unpaired) electrons. The number of thiophene rings is 1. The van der Waals surface area contributed by atoms with E-state index in [1.807, 2.05) is 24.4 Å². The fraction of sp³-hybridized carbons (Fsp3) is 0.0667. The second-order valence-electron chi connectivity index (χ2n) is 4.41. The third-order valence-electron chi connectivity index (χ3n) is 2.80. The third-order valence-corrected chi connectivity index (χ3v) is 4.59. The number of halogens is 1. The van der Waals surface area contributed by atoms with Gasteiger partial charge in [0.05, 0.1) is 10.6 Å². The van der Waals surface area contributed by atoms with Crippen molar-refractivity contribution in [1.29, 1.82) is 0 Å². The molecule has 1 aromatic carbocycles. The lowest BCUT2D eigenvalue weighted by molar-refractivity contribution is 0.102. The van der Waals surface area contributed by atoms with Gasteiger partial charge in [-0.3, -0.25) is 10.1 Å². The second kappa shape index (κ2) is 5.75. The van der Waals surface area contributed by atoms with Gasteiger partial charge in [-0.25, -0.2) is 9.37 Å². The maximum absolute atomic E-state index is 13.1. The summed E-state index contributed by atoms with van der Waals surface area (Å²) in [5.41, 5.74) is 1.12. The number of nitrogens with zero attached hydrogens (tertiary/aromatic N) is 1. The number of thiazole rings is 1. The first kappa shape index (κ1) is 13.9. The topological polar surface area (TPSA) is 42.0 Å². The second-order valence-corrected chi connectivity index (χ2v) is 6.56. The van der Waals surface area contributed by atoms with Crippen LogP contribution in [0.25, 0.3) is 10.6 Å². The summed E-state index contributed by atoms with van der Waals surface area (Å²) in [6.45, 7) is 2.03. The maximum atomic E-state index is 13.1. The number of hydrogen-bond donors (Lipinski definition) is 1. The van der Waals surface area contributed by atoms with Gasteiger partial charge in [0.1, 0.15) is 5.82 Å². The first-order valence-electron chi connectivity index (χ1n) is 6.21. The molecule has 0 bridgehead atoms. The summed E-state index contributed by atoms with van der Waals surface area (Å²) in [4.78, 5) is 18.7. The summed E-state index contributed by atoms with van der Waals surface area (Å²) in [7, 11) is 0. The highest BCUT2D eigenvalue weighted by Crippen LogP contribution is 2.30. The van der Waals surface area contributed by atoms with Crippen molar-refractivity contribution >= 4 is 33.7 Å². The Hall–Kier alpha value is -2.05. The number of aryl methyl sites for hydroxylation is 1. The van der Waals surface area contributed by atoms with E-state index < -0.39 is 5.82 Å². The normalized spacial score (nSPS) is 10.6. The Labute approximate surface area is 129 Å². The zero-order valence-electron chi connectivity index (χ0n) is 11.1. The molecule has 2 aromatic heterocycles. The van der Waals surface area contributed by atoms with Crippen LogP contribution in [0.4, 0.5) is 9.52 Å². The summed E-state index contributed by atoms with van der Waals surface area (Å²) in [6.07, 6.45) is 0. The minimum atomic E-state index is -0.434. The molecule has 0 aliphatic carbocycles. The average molecular weight is 318 g/mol. The number of benzene rings is 1. The Bertz CT molecular complexity index is 794. The Morgan fingerprint density at radius 3 is 2.86 bits per heavy atom. The Kier molecular flexibility index (Phi) is 3.81. The van der Waals surface area contributed by atoms with Crippen LogP contribution in [0.1, 0.15) is 15.2 Å². The Balaban J connectivity index is 1.77. The first-order chi connectivity index (χ1) is 10.1. The lowest BCUT2D eigenvalue weighted by Gasteiger charge is -2.01. The molecular weight excluding hydrogens is 307 g/mol. The van der Waals surface area contributed by atoms with Crippen molar-refractivity contribution in [3.63, 3.8) is 0 Å². The van der Waals surface area contributed by atoms with Crippen LogP contribution in [0.3, 0.4) is 0 Å². The quantitative estimate of drug-likeness (QED) is 0.768. The molecule has 3 nitrogen and oxygen atoms in total. The van der Waals surface area contributed by atoms with Crippen molar-refractivity contribution in [2.75, 3.05) is 5.32 Å². The summed E-state index contributed by atoms with van der Waals surface area (Å²) >= 11 is 3.00. The van der Waals surface area contributed by atoms with Gasteiger partial charge in [-0.2, -0.15) is 0 Å². The number of anilines is 1. The van der Waals surface area contributed by atoms with Gasteiger partial charge in [0.25, 0.3) is 5.91 Å². The molecule has 0 saturated carbocycles. The average Bonchev–Trinajstić information content (AvgIpc) is 3.07. The molecule has 3 rings (SSSR count). The molecule has 0 saturated heterocycles. The van der Waals surface area contributed by atoms with E-state index in [0.717, 1.165) is 10.6 Å². The predicted octanol–water partition coefficient (Wildman–Crippen LogP) is 4.57. The molecule has 3 aromatic rings. The molecule has 0 unspecified atom stereocenters. The summed E-state index contributed by atoms with van der Waals surface area (Å²) in [5, 5.41) is 5.09. The summed E-state index contributed by atoms with van der Waals surface area (Å²) in [6, 6.07) is 9.61. The fourth-order valence-electron chi connectivity index (χ4n) is 1.82. The summed E-state index contributed by atoms with van der Waals surface area (Å²) in [5.74, 6) is -0.797. The lowest BCUT2D eigenvalue weighted by atomic mass is 10.2. The van der Waals surface area contributed by atoms with Crippen molar-refractivity contribution < 1.29 is 9.18 Å². The van der Waals surface area contributed by atoms with E-state index in [1.165, 1.54) is 34.4 Å². The van der Waals surface area contributed by atoms with Crippen LogP contribution in [-0.2, 0) is 0 Å². The van der Waals surface area contributed by atoms with Gasteiger partial charge < -0.3 is 0 Å². The van der Waals surface area contributed by atoms with Crippen LogP contribution in [0.5, 0.6) is 0 Å². The summed E-state index contributed by atoms with van der Waals surface area (Å²) < 4.78 is 13.1. The van der Waals surface area contributed by atoms with Gasteiger partial charge in [-0.15, -0.1) is 22.7 Å². The van der Waals surface area contributed by atoms with E-state index in [-0.39, 0.29) is 11.5 Å². The van der Waals surface area contributed by atoms with Crippen molar-refractivity contribution in [2.45, 2.75) is 6.92 Å². The van der Waals surface area contributed by atoms with Crippen molar-refractivity contribution in [2.24, 2.45) is 0 Å². The predicted molar refractivity (Wildman–Crippen MR) is 84.5 cm³/mol. The zero-order valence-corrected chi connectivity index (χ0v) is 12.7.